The molecule has 1 N–H and O–H groups in total. The summed E-state index contributed by atoms with van der Waals surface area (Å²) >= 11 is 0. The molecule has 5 nitrogen and oxygen atoms in total. The van der Waals surface area contributed by atoms with Crippen LogP contribution in [0.2, 0.25) is 1.41 Å². The minimum atomic E-state index is -0.894. The van der Waals surface area contributed by atoms with Gasteiger partial charge in [-0.2, -0.15) is 0 Å². The normalized spacial score (nSPS) is 18.4. The van der Waals surface area contributed by atoms with Crippen LogP contribution in [0.3, 0.4) is 0 Å². The van der Waals surface area contributed by atoms with E-state index >= 15 is 0 Å². The SMILES string of the molecule is [2H]C1c2ccccc2N(CC)c2c1c(=O)n(C)c(=O)n2[2H]. The molecule has 1 aromatic heterocycles. The van der Waals surface area contributed by atoms with Crippen LogP contribution in [-0.4, -0.2) is 16.1 Å². The first-order valence-corrected chi connectivity index (χ1v) is 6.13. The van der Waals surface area contributed by atoms with Crippen molar-refractivity contribution in [3.63, 3.8) is 0 Å². The number of fused-ring (bicyclic) bond motifs is 2. The van der Waals surface area contributed by atoms with Gasteiger partial charge in [-0.15, -0.1) is 0 Å². The van der Waals surface area contributed by atoms with E-state index in [4.69, 9.17) is 2.78 Å². The lowest BCUT2D eigenvalue weighted by atomic mass is 9.99. The van der Waals surface area contributed by atoms with E-state index in [0.717, 1.165) is 10.3 Å². The molecule has 3 rings (SSSR count). The third kappa shape index (κ3) is 1.62. The number of para-hydroxylation sites is 1. The van der Waals surface area contributed by atoms with E-state index in [9.17, 15) is 9.59 Å². The number of rotatable bonds is 1. The molecule has 1 unspecified atom stereocenters. The van der Waals surface area contributed by atoms with Gasteiger partial charge in [0.25, 0.3) is 5.56 Å². The van der Waals surface area contributed by atoms with Crippen LogP contribution in [0, 0.1) is 0 Å². The molecule has 5 heteroatoms. The van der Waals surface area contributed by atoms with Gasteiger partial charge < -0.3 is 4.90 Å². The maximum Gasteiger partial charge on any atom is 0.329 e. The minimum absolute atomic E-state index is 0.174. The zero-order valence-electron chi connectivity index (χ0n) is 12.8. The lowest BCUT2D eigenvalue weighted by molar-refractivity contribution is 0.743. The Morgan fingerprint density at radius 3 is 2.89 bits per heavy atom. The monoisotopic (exact) mass is 259 g/mol. The summed E-state index contributed by atoms with van der Waals surface area (Å²) in [6, 6.07) is 7.30. The highest BCUT2D eigenvalue weighted by Gasteiger charge is 2.25. The molecule has 0 bridgehead atoms. The fraction of sp³-hybridized carbons (Fsp3) is 0.286. The number of H-pyrrole nitrogens is 1. The lowest BCUT2D eigenvalue weighted by Gasteiger charge is -2.31. The van der Waals surface area contributed by atoms with Crippen molar-refractivity contribution >= 4 is 11.5 Å². The van der Waals surface area contributed by atoms with E-state index in [0.29, 0.717) is 17.1 Å². The molecular weight excluding hydrogens is 242 g/mol. The van der Waals surface area contributed by atoms with E-state index in [1.807, 2.05) is 25.1 Å². The Labute approximate surface area is 113 Å². The Kier molecular flexibility index (Phi) is 2.08. The van der Waals surface area contributed by atoms with Crippen LogP contribution in [0.1, 0.15) is 19.4 Å². The van der Waals surface area contributed by atoms with Gasteiger partial charge in [-0.1, -0.05) is 18.2 Å². The zero-order valence-corrected chi connectivity index (χ0v) is 10.8. The topological polar surface area (TPSA) is 58.1 Å². The van der Waals surface area contributed by atoms with Gasteiger partial charge in [-0.05, 0) is 18.6 Å². The highest BCUT2D eigenvalue weighted by atomic mass is 16.2. The van der Waals surface area contributed by atoms with Gasteiger partial charge in [0.2, 0.25) is 0 Å². The van der Waals surface area contributed by atoms with Crippen molar-refractivity contribution < 1.29 is 2.78 Å². The fourth-order valence-electron chi connectivity index (χ4n) is 2.37. The Bertz CT molecular complexity index is 841. The maximum atomic E-state index is 12.4. The van der Waals surface area contributed by atoms with Crippen LogP contribution < -0.4 is 16.1 Å². The number of nitrogens with one attached hydrogen (secondary N) is 1. The van der Waals surface area contributed by atoms with Crippen LogP contribution in [0.4, 0.5) is 11.5 Å². The van der Waals surface area contributed by atoms with Crippen LogP contribution in [0.15, 0.2) is 33.9 Å². The Morgan fingerprint density at radius 2 is 2.16 bits per heavy atom. The third-order valence-corrected chi connectivity index (χ3v) is 3.36. The molecule has 2 heterocycles. The van der Waals surface area contributed by atoms with E-state index in [1.54, 1.807) is 11.0 Å². The van der Waals surface area contributed by atoms with Crippen molar-refractivity contribution in [1.29, 1.82) is 0 Å². The first-order valence-electron chi connectivity index (χ1n) is 7.15. The minimum Gasteiger partial charge on any atom is -0.327 e. The zero-order chi connectivity index (χ0) is 15.3. The summed E-state index contributed by atoms with van der Waals surface area (Å²) in [4.78, 5) is 26.8. The largest absolute Gasteiger partial charge is 0.329 e. The average molecular weight is 259 g/mol. The van der Waals surface area contributed by atoms with Crippen molar-refractivity contribution in [2.45, 2.75) is 13.3 Å². The van der Waals surface area contributed by atoms with Crippen LogP contribution in [0.5, 0.6) is 0 Å². The maximum absolute atomic E-state index is 12.4. The van der Waals surface area contributed by atoms with Gasteiger partial charge in [-0.3, -0.25) is 14.3 Å². The molecule has 0 saturated carbocycles. The molecule has 1 aliphatic rings. The molecule has 1 atom stereocenters. The van der Waals surface area contributed by atoms with E-state index in [-0.39, 0.29) is 11.4 Å². The van der Waals surface area contributed by atoms with Gasteiger partial charge in [0.05, 0.1) is 5.56 Å². The molecule has 0 aliphatic carbocycles. The fourth-order valence-corrected chi connectivity index (χ4v) is 2.37. The number of hydrogen-bond acceptors (Lipinski definition) is 3. The molecule has 19 heavy (non-hydrogen) atoms. The number of hydrogen-bond donors (Lipinski definition) is 1. The first kappa shape index (κ1) is 9.61. The Morgan fingerprint density at radius 1 is 1.42 bits per heavy atom. The van der Waals surface area contributed by atoms with Crippen molar-refractivity contribution in [1.82, 2.24) is 9.54 Å². The molecule has 2 aromatic rings. The number of nitrogens with zero attached hydrogens (tertiary/aromatic N) is 2. The van der Waals surface area contributed by atoms with Crippen LogP contribution in [0.25, 0.3) is 0 Å². The van der Waals surface area contributed by atoms with Crippen molar-refractivity contribution in [2.24, 2.45) is 7.05 Å². The predicted octanol–water partition coefficient (Wildman–Crippen LogP) is 1.14. The van der Waals surface area contributed by atoms with Gasteiger partial charge in [0, 0.05) is 27.0 Å². The molecule has 98 valence electrons. The van der Waals surface area contributed by atoms with Crippen molar-refractivity contribution in [2.75, 3.05) is 11.4 Å². The molecule has 0 amide bonds. The smallest absolute Gasteiger partial charge is 0.327 e. The van der Waals surface area contributed by atoms with Gasteiger partial charge in [0.15, 0.2) is 1.41 Å². The van der Waals surface area contributed by atoms with Crippen molar-refractivity contribution in [3.05, 3.63) is 56.2 Å². The molecule has 1 aliphatic heterocycles. The second kappa shape index (κ2) is 4.12. The quantitative estimate of drug-likeness (QED) is 0.835. The summed E-state index contributed by atoms with van der Waals surface area (Å²) in [6.07, 6.45) is -0.894. The molecule has 0 saturated heterocycles. The molecule has 0 fully saturated rings. The number of aromatic nitrogens is 2. The second-order valence-corrected chi connectivity index (χ2v) is 4.44. The number of aromatic amines is 1. The van der Waals surface area contributed by atoms with E-state index in [2.05, 4.69) is 0 Å². The van der Waals surface area contributed by atoms with Gasteiger partial charge in [0.1, 0.15) is 5.82 Å². The molecule has 1 aromatic carbocycles. The first-order chi connectivity index (χ1) is 9.99. The Balaban J connectivity index is 2.46. The summed E-state index contributed by atoms with van der Waals surface area (Å²) in [5.74, 6) is 0.198. The van der Waals surface area contributed by atoms with E-state index in [1.165, 1.54) is 7.05 Å². The van der Waals surface area contributed by atoms with Crippen LogP contribution in [-0.2, 0) is 13.4 Å². The molecular formula is C14H15N3O2. The highest BCUT2D eigenvalue weighted by Crippen LogP contribution is 2.34. The summed E-state index contributed by atoms with van der Waals surface area (Å²) in [5.41, 5.74) is 0.437. The lowest BCUT2D eigenvalue weighted by Crippen LogP contribution is -2.39. The van der Waals surface area contributed by atoms with Crippen LogP contribution >= 0.6 is 0 Å². The predicted molar refractivity (Wildman–Crippen MR) is 74.2 cm³/mol. The van der Waals surface area contributed by atoms with Crippen molar-refractivity contribution in [3.8, 4) is 0 Å². The summed E-state index contributed by atoms with van der Waals surface area (Å²) < 4.78 is 17.2. The van der Waals surface area contributed by atoms with E-state index < -0.39 is 17.6 Å². The summed E-state index contributed by atoms with van der Waals surface area (Å²) in [5, 5.41) is 0. The third-order valence-electron chi connectivity index (χ3n) is 3.36. The number of anilines is 2. The Hall–Kier alpha value is -2.30. The standard InChI is InChI=1S/C14H15N3O2/c1-3-17-11-7-5-4-6-9(11)8-10-12(17)15-14(19)16(2)13(10)18/h4-7H,3,8H2,1-2H3,(H,15,19)/i8D/hD. The second-order valence-electron chi connectivity index (χ2n) is 4.44. The summed E-state index contributed by atoms with van der Waals surface area (Å²) in [7, 11) is 1.33. The van der Waals surface area contributed by atoms with Gasteiger partial charge >= 0.3 is 5.69 Å². The highest BCUT2D eigenvalue weighted by molar-refractivity contribution is 5.70. The molecule has 0 spiro atoms. The number of benzene rings is 1. The summed E-state index contributed by atoms with van der Waals surface area (Å²) in [6.45, 7) is 2.38. The average Bonchev–Trinajstić information content (AvgIpc) is 2.50. The molecule has 0 radical (unpaired) electrons. The van der Waals surface area contributed by atoms with Gasteiger partial charge in [-0.25, -0.2) is 4.79 Å².